The maximum atomic E-state index is 12.0. The second-order valence-corrected chi connectivity index (χ2v) is 10.1. The summed E-state index contributed by atoms with van der Waals surface area (Å²) < 4.78 is 28.3. The van der Waals surface area contributed by atoms with E-state index in [1.54, 1.807) is 14.0 Å². The topological polar surface area (TPSA) is 80.3 Å². The van der Waals surface area contributed by atoms with Crippen molar-refractivity contribution in [2.45, 2.75) is 78.2 Å². The molecule has 0 saturated heterocycles. The zero-order valence-electron chi connectivity index (χ0n) is 23.6. The van der Waals surface area contributed by atoms with Crippen LogP contribution < -0.4 is 9.47 Å². The number of esters is 2. The molecule has 0 aliphatic heterocycles. The first kappa shape index (κ1) is 32.6. The van der Waals surface area contributed by atoms with Crippen LogP contribution in [0, 0.1) is 0 Å². The highest BCUT2D eigenvalue weighted by Gasteiger charge is 2.13. The average Bonchev–Trinajstić information content (AvgIpc) is 2.90. The van der Waals surface area contributed by atoms with Gasteiger partial charge in [0.1, 0.15) is 11.5 Å². The quantitative estimate of drug-likeness (QED) is 0.119. The molecule has 0 radical (unpaired) electrons. The van der Waals surface area contributed by atoms with Crippen LogP contribution in [0.15, 0.2) is 40.9 Å². The van der Waals surface area contributed by atoms with Crippen LogP contribution in [0.3, 0.4) is 0 Å². The van der Waals surface area contributed by atoms with E-state index in [0.717, 1.165) is 59.2 Å². The summed E-state index contributed by atoms with van der Waals surface area (Å²) in [7, 11) is 1.68. The van der Waals surface area contributed by atoms with Crippen LogP contribution in [0.2, 0.25) is 0 Å². The minimum atomic E-state index is -0.213. The molecule has 0 fully saturated rings. The molecule has 0 amide bonds. The van der Waals surface area contributed by atoms with Crippen LogP contribution >= 0.6 is 15.9 Å². The van der Waals surface area contributed by atoms with Crippen molar-refractivity contribution < 1.29 is 33.3 Å². The molecule has 0 aromatic heterocycles. The number of benzene rings is 2. The summed E-state index contributed by atoms with van der Waals surface area (Å²) >= 11 is 3.53. The Kier molecular flexibility index (Phi) is 16.3. The molecule has 2 aromatic rings. The fraction of sp³-hybridized carbons (Fsp3) is 0.548. The second-order valence-electron chi connectivity index (χ2n) is 9.20. The smallest absolute Gasteiger partial charge is 0.306 e. The van der Waals surface area contributed by atoms with Crippen molar-refractivity contribution in [2.24, 2.45) is 0 Å². The monoisotopic (exact) mass is 606 g/mol. The number of hydrogen-bond acceptors (Lipinski definition) is 7. The number of aryl methyl sites for hydroxylation is 1. The third-order valence-corrected chi connectivity index (χ3v) is 6.51. The van der Waals surface area contributed by atoms with Gasteiger partial charge in [-0.1, -0.05) is 40.9 Å². The highest BCUT2D eigenvalue weighted by Crippen LogP contribution is 2.27. The van der Waals surface area contributed by atoms with Crippen LogP contribution in [0.25, 0.3) is 0 Å². The molecule has 7 nitrogen and oxygen atoms in total. The van der Waals surface area contributed by atoms with E-state index in [1.807, 2.05) is 37.3 Å². The predicted octanol–water partition coefficient (Wildman–Crippen LogP) is 7.00. The number of unbranched alkanes of at least 4 members (excludes halogenated alkanes) is 3. The summed E-state index contributed by atoms with van der Waals surface area (Å²) in [6.07, 6.45) is 6.85. The molecule has 0 bridgehead atoms. The zero-order chi connectivity index (χ0) is 28.3. The Morgan fingerprint density at radius 1 is 0.795 bits per heavy atom. The van der Waals surface area contributed by atoms with Crippen LogP contribution in [0.5, 0.6) is 11.5 Å². The number of halogens is 1. The van der Waals surface area contributed by atoms with E-state index in [9.17, 15) is 9.59 Å². The molecule has 216 valence electrons. The van der Waals surface area contributed by atoms with E-state index in [0.29, 0.717) is 58.7 Å². The Hall–Kier alpha value is -2.58. The highest BCUT2D eigenvalue weighted by molar-refractivity contribution is 9.10. The van der Waals surface area contributed by atoms with Crippen LogP contribution in [0.4, 0.5) is 0 Å². The molecule has 0 saturated carbocycles. The first-order valence-electron chi connectivity index (χ1n) is 13.9. The van der Waals surface area contributed by atoms with Gasteiger partial charge in [0.05, 0.1) is 33.0 Å². The number of carbonyl (C=O) groups excluding carboxylic acids is 2. The van der Waals surface area contributed by atoms with Crippen molar-refractivity contribution in [3.63, 3.8) is 0 Å². The van der Waals surface area contributed by atoms with Gasteiger partial charge in [-0.2, -0.15) is 0 Å². The predicted molar refractivity (Wildman–Crippen MR) is 155 cm³/mol. The zero-order valence-corrected chi connectivity index (χ0v) is 25.2. The first-order valence-corrected chi connectivity index (χ1v) is 14.7. The minimum Gasteiger partial charge on any atom is -0.494 e. The number of ether oxygens (including phenoxy) is 5. The maximum absolute atomic E-state index is 12.0. The van der Waals surface area contributed by atoms with Crippen LogP contribution in [-0.2, 0) is 43.2 Å². The molecule has 0 unspecified atom stereocenters. The molecule has 0 atom stereocenters. The van der Waals surface area contributed by atoms with E-state index < -0.39 is 0 Å². The normalized spacial score (nSPS) is 10.8. The van der Waals surface area contributed by atoms with E-state index in [-0.39, 0.29) is 11.9 Å². The van der Waals surface area contributed by atoms with Crippen molar-refractivity contribution in [1.29, 1.82) is 0 Å². The Labute approximate surface area is 241 Å². The van der Waals surface area contributed by atoms with Gasteiger partial charge in [-0.3, -0.25) is 9.59 Å². The van der Waals surface area contributed by atoms with Gasteiger partial charge in [0, 0.05) is 24.4 Å². The lowest BCUT2D eigenvalue weighted by Gasteiger charge is -2.16. The summed E-state index contributed by atoms with van der Waals surface area (Å²) in [5, 5.41) is 0. The van der Waals surface area contributed by atoms with Gasteiger partial charge in [0.15, 0.2) is 0 Å². The van der Waals surface area contributed by atoms with E-state index in [4.69, 9.17) is 23.7 Å². The Balaban J connectivity index is 1.84. The molecular weight excluding hydrogens is 564 g/mol. The largest absolute Gasteiger partial charge is 0.494 e. The molecular formula is C31H43BrO7. The number of carbonyl (C=O) groups is 2. The summed E-state index contributed by atoms with van der Waals surface area (Å²) in [6.45, 7) is 6.00. The molecule has 2 aromatic carbocycles. The standard InChI is InChI=1S/C31H43BrO7/c1-4-36-30(33)15-11-19-39-29-14-10-13-25(28(29)16-17-31(34)37-5-2)12-8-6-7-9-18-38-27-21-24(23-35-3)20-26(32)22-27/h10,13-14,20-22H,4-9,11-12,15-19,23H2,1-3H3. The molecule has 0 spiro atoms. The number of methoxy groups -OCH3 is 1. The Morgan fingerprint density at radius 2 is 1.51 bits per heavy atom. The fourth-order valence-corrected chi connectivity index (χ4v) is 4.79. The highest BCUT2D eigenvalue weighted by atomic mass is 79.9. The van der Waals surface area contributed by atoms with Gasteiger partial charge >= 0.3 is 11.9 Å². The van der Waals surface area contributed by atoms with Crippen molar-refractivity contribution in [3.05, 3.63) is 57.6 Å². The fourth-order valence-electron chi connectivity index (χ4n) is 4.27. The van der Waals surface area contributed by atoms with Crippen molar-refractivity contribution in [1.82, 2.24) is 0 Å². The number of rotatable bonds is 20. The molecule has 8 heteroatoms. The average molecular weight is 608 g/mol. The second kappa shape index (κ2) is 19.5. The molecule has 2 rings (SSSR count). The van der Waals surface area contributed by atoms with Crippen molar-refractivity contribution >= 4 is 27.9 Å². The number of hydrogen-bond donors (Lipinski definition) is 0. The van der Waals surface area contributed by atoms with E-state index in [2.05, 4.69) is 22.0 Å². The SMILES string of the molecule is CCOC(=O)CCCOc1cccc(CCCCCCOc2cc(Br)cc(COC)c2)c1CCC(=O)OCC. The van der Waals surface area contributed by atoms with Gasteiger partial charge in [-0.25, -0.2) is 0 Å². The lowest BCUT2D eigenvalue weighted by molar-refractivity contribution is -0.144. The van der Waals surface area contributed by atoms with Gasteiger partial charge in [0.25, 0.3) is 0 Å². The third kappa shape index (κ3) is 13.4. The molecule has 0 heterocycles. The Morgan fingerprint density at radius 3 is 2.26 bits per heavy atom. The maximum Gasteiger partial charge on any atom is 0.306 e. The van der Waals surface area contributed by atoms with Crippen LogP contribution in [-0.4, -0.2) is 45.5 Å². The summed E-state index contributed by atoms with van der Waals surface area (Å²) in [5.41, 5.74) is 3.32. The lowest BCUT2D eigenvalue weighted by Crippen LogP contribution is -2.10. The van der Waals surface area contributed by atoms with E-state index in [1.165, 1.54) is 5.56 Å². The minimum absolute atomic E-state index is 0.208. The molecule has 0 N–H and O–H groups in total. The third-order valence-electron chi connectivity index (χ3n) is 6.05. The molecule has 39 heavy (non-hydrogen) atoms. The van der Waals surface area contributed by atoms with Gasteiger partial charge in [-0.05, 0) is 86.9 Å². The summed E-state index contributed by atoms with van der Waals surface area (Å²) in [6, 6.07) is 12.1. The van der Waals surface area contributed by atoms with Crippen LogP contribution in [0.1, 0.15) is 75.5 Å². The Bertz CT molecular complexity index is 1010. The first-order chi connectivity index (χ1) is 19.0. The summed E-state index contributed by atoms with van der Waals surface area (Å²) in [5.74, 6) is 1.20. The summed E-state index contributed by atoms with van der Waals surface area (Å²) in [4.78, 5) is 23.6. The lowest BCUT2D eigenvalue weighted by atomic mass is 9.96. The molecule has 0 aliphatic carbocycles. The van der Waals surface area contributed by atoms with E-state index >= 15 is 0 Å². The van der Waals surface area contributed by atoms with Crippen molar-refractivity contribution in [3.8, 4) is 11.5 Å². The van der Waals surface area contributed by atoms with Gasteiger partial charge in [0.2, 0.25) is 0 Å². The van der Waals surface area contributed by atoms with Crippen molar-refractivity contribution in [2.75, 3.05) is 33.5 Å². The van der Waals surface area contributed by atoms with Gasteiger partial charge < -0.3 is 23.7 Å². The molecule has 0 aliphatic rings. The van der Waals surface area contributed by atoms with Gasteiger partial charge in [-0.15, -0.1) is 0 Å².